The molecule has 0 aromatic carbocycles. The van der Waals surface area contributed by atoms with Crippen LogP contribution in [0.2, 0.25) is 0 Å². The van der Waals surface area contributed by atoms with Gasteiger partial charge in [0.05, 0.1) is 19.1 Å². The number of amides is 1. The highest BCUT2D eigenvalue weighted by molar-refractivity contribution is 5.79. The van der Waals surface area contributed by atoms with Gasteiger partial charge in [0.25, 0.3) is 0 Å². The Bertz CT molecular complexity index is 372. The van der Waals surface area contributed by atoms with Crippen molar-refractivity contribution in [3.8, 4) is 0 Å². The molecule has 0 N–H and O–H groups in total. The molecule has 1 fully saturated rings. The van der Waals surface area contributed by atoms with Crippen LogP contribution in [0.1, 0.15) is 19.8 Å². The fourth-order valence-electron chi connectivity index (χ4n) is 2.53. The number of ether oxygens (including phenoxy) is 1. The zero-order valence-electron chi connectivity index (χ0n) is 12.9. The van der Waals surface area contributed by atoms with E-state index in [0.29, 0.717) is 32.8 Å². The lowest BCUT2D eigenvalue weighted by Crippen LogP contribution is -2.46. The molecule has 5 heteroatoms. The highest BCUT2D eigenvalue weighted by atomic mass is 16.5. The molecular weight excluding hydrogens is 268 g/mol. The average Bonchev–Trinajstić information content (AvgIpc) is 2.47. The van der Waals surface area contributed by atoms with Gasteiger partial charge in [-0.05, 0) is 26.3 Å². The number of carbonyl (C=O) groups is 2. The van der Waals surface area contributed by atoms with Crippen LogP contribution >= 0.6 is 0 Å². The number of hydrogen-bond acceptors (Lipinski definition) is 4. The monoisotopic (exact) mass is 294 g/mol. The maximum absolute atomic E-state index is 12.3. The predicted octanol–water partition coefficient (Wildman–Crippen LogP) is 1.46. The van der Waals surface area contributed by atoms with Crippen molar-refractivity contribution in [3.63, 3.8) is 0 Å². The topological polar surface area (TPSA) is 49.9 Å². The summed E-state index contributed by atoms with van der Waals surface area (Å²) in [4.78, 5) is 27.8. The number of carbonyl (C=O) groups excluding carboxylic acids is 2. The minimum atomic E-state index is -0.149. The molecule has 0 aromatic heterocycles. The van der Waals surface area contributed by atoms with Gasteiger partial charge in [0.15, 0.2) is 0 Å². The Labute approximate surface area is 127 Å². The smallest absolute Gasteiger partial charge is 0.310 e. The molecular formula is C16H26N2O3. The first-order valence-electron chi connectivity index (χ1n) is 7.50. The van der Waals surface area contributed by atoms with Crippen LogP contribution in [-0.2, 0) is 14.3 Å². The molecule has 1 heterocycles. The molecule has 0 spiro atoms. The van der Waals surface area contributed by atoms with Crippen molar-refractivity contribution < 1.29 is 14.3 Å². The van der Waals surface area contributed by atoms with Gasteiger partial charge in [-0.3, -0.25) is 14.5 Å². The summed E-state index contributed by atoms with van der Waals surface area (Å²) in [6, 6.07) is 0. The Morgan fingerprint density at radius 2 is 2.00 bits per heavy atom. The summed E-state index contributed by atoms with van der Waals surface area (Å²) in [5.74, 6) is -0.221. The molecule has 0 bridgehead atoms. The molecule has 1 aliphatic heterocycles. The van der Waals surface area contributed by atoms with Crippen LogP contribution in [-0.4, -0.2) is 61.0 Å². The first-order valence-corrected chi connectivity index (χ1v) is 7.50. The third kappa shape index (κ3) is 5.71. The summed E-state index contributed by atoms with van der Waals surface area (Å²) in [5.41, 5.74) is 0. The summed E-state index contributed by atoms with van der Waals surface area (Å²) in [6.07, 6.45) is 5.17. The lowest BCUT2D eigenvalue weighted by Gasteiger charge is -2.32. The fourth-order valence-corrected chi connectivity index (χ4v) is 2.53. The minimum Gasteiger partial charge on any atom is -0.466 e. The van der Waals surface area contributed by atoms with Crippen molar-refractivity contribution in [2.24, 2.45) is 5.92 Å². The lowest BCUT2D eigenvalue weighted by atomic mass is 9.98. The molecule has 0 unspecified atom stereocenters. The summed E-state index contributed by atoms with van der Waals surface area (Å²) < 4.78 is 5.07. The van der Waals surface area contributed by atoms with E-state index in [-0.39, 0.29) is 17.8 Å². The Kier molecular flexibility index (Phi) is 7.75. The molecule has 5 nitrogen and oxygen atoms in total. The standard InChI is InChI=1S/C16H26N2O3/c1-4-9-18(10-5-2)15(19)13-17-11-7-8-14(12-17)16(20)21-6-3/h4-5,14H,1-2,6-13H2,3H3/t14-/m1/s1. The number of esters is 1. The van der Waals surface area contributed by atoms with E-state index in [0.717, 1.165) is 19.4 Å². The van der Waals surface area contributed by atoms with Gasteiger partial charge in [0.1, 0.15) is 0 Å². The largest absolute Gasteiger partial charge is 0.466 e. The van der Waals surface area contributed by atoms with E-state index in [4.69, 9.17) is 4.74 Å². The Hall–Kier alpha value is -1.62. The van der Waals surface area contributed by atoms with Gasteiger partial charge in [0, 0.05) is 19.6 Å². The van der Waals surface area contributed by atoms with Crippen molar-refractivity contribution in [2.75, 3.05) is 39.3 Å². The molecule has 118 valence electrons. The first-order chi connectivity index (χ1) is 10.1. The zero-order valence-corrected chi connectivity index (χ0v) is 12.9. The molecule has 0 aromatic rings. The van der Waals surface area contributed by atoms with Crippen LogP contribution in [0.15, 0.2) is 25.3 Å². The lowest BCUT2D eigenvalue weighted by molar-refractivity contribution is -0.150. The van der Waals surface area contributed by atoms with Crippen LogP contribution in [0.25, 0.3) is 0 Å². The zero-order chi connectivity index (χ0) is 15.7. The van der Waals surface area contributed by atoms with Gasteiger partial charge in [-0.2, -0.15) is 0 Å². The summed E-state index contributed by atoms with van der Waals surface area (Å²) in [6.45, 7) is 12.3. The van der Waals surface area contributed by atoms with E-state index in [2.05, 4.69) is 13.2 Å². The number of piperidine rings is 1. The molecule has 1 amide bonds. The molecule has 0 aliphatic carbocycles. The number of rotatable bonds is 8. The third-order valence-corrected chi connectivity index (χ3v) is 3.54. The van der Waals surface area contributed by atoms with Crippen LogP contribution in [0.3, 0.4) is 0 Å². The Morgan fingerprint density at radius 1 is 1.33 bits per heavy atom. The summed E-state index contributed by atoms with van der Waals surface area (Å²) in [7, 11) is 0. The maximum atomic E-state index is 12.3. The van der Waals surface area contributed by atoms with Gasteiger partial charge in [-0.15, -0.1) is 13.2 Å². The van der Waals surface area contributed by atoms with Crippen molar-refractivity contribution in [1.82, 2.24) is 9.80 Å². The molecule has 21 heavy (non-hydrogen) atoms. The molecule has 0 radical (unpaired) electrons. The normalized spacial score (nSPS) is 18.8. The van der Waals surface area contributed by atoms with Crippen LogP contribution < -0.4 is 0 Å². The van der Waals surface area contributed by atoms with Crippen LogP contribution in [0.5, 0.6) is 0 Å². The number of hydrogen-bond donors (Lipinski definition) is 0. The highest BCUT2D eigenvalue weighted by Gasteiger charge is 2.28. The van der Waals surface area contributed by atoms with Crippen molar-refractivity contribution in [2.45, 2.75) is 19.8 Å². The first kappa shape index (κ1) is 17.4. The van der Waals surface area contributed by atoms with Crippen molar-refractivity contribution in [1.29, 1.82) is 0 Å². The predicted molar refractivity (Wildman–Crippen MR) is 82.8 cm³/mol. The van der Waals surface area contributed by atoms with Gasteiger partial charge in [0.2, 0.25) is 5.91 Å². The van der Waals surface area contributed by atoms with Gasteiger partial charge in [-0.1, -0.05) is 12.2 Å². The van der Waals surface area contributed by atoms with Crippen molar-refractivity contribution in [3.05, 3.63) is 25.3 Å². The molecule has 0 saturated carbocycles. The van der Waals surface area contributed by atoms with E-state index in [1.54, 1.807) is 17.1 Å². The quantitative estimate of drug-likeness (QED) is 0.502. The van der Waals surface area contributed by atoms with Gasteiger partial charge in [-0.25, -0.2) is 0 Å². The minimum absolute atomic E-state index is 0.0410. The fraction of sp³-hybridized carbons (Fsp3) is 0.625. The SMILES string of the molecule is C=CCN(CC=C)C(=O)CN1CCC[C@@H](C(=O)OCC)C1. The highest BCUT2D eigenvalue weighted by Crippen LogP contribution is 2.17. The van der Waals surface area contributed by atoms with Crippen LogP contribution in [0.4, 0.5) is 0 Å². The maximum Gasteiger partial charge on any atom is 0.310 e. The second kappa shape index (κ2) is 9.34. The average molecular weight is 294 g/mol. The van der Waals surface area contributed by atoms with E-state index in [1.165, 1.54) is 0 Å². The Morgan fingerprint density at radius 3 is 2.57 bits per heavy atom. The Balaban J connectivity index is 2.52. The van der Waals surface area contributed by atoms with Crippen LogP contribution in [0, 0.1) is 5.92 Å². The van der Waals surface area contributed by atoms with E-state index in [1.807, 2.05) is 11.8 Å². The van der Waals surface area contributed by atoms with E-state index < -0.39 is 0 Å². The second-order valence-electron chi connectivity index (χ2n) is 5.20. The van der Waals surface area contributed by atoms with E-state index >= 15 is 0 Å². The third-order valence-electron chi connectivity index (χ3n) is 3.54. The summed E-state index contributed by atoms with van der Waals surface area (Å²) >= 11 is 0. The number of likely N-dealkylation sites (tertiary alicyclic amines) is 1. The molecule has 1 aliphatic rings. The van der Waals surface area contributed by atoms with Gasteiger partial charge < -0.3 is 9.64 Å². The van der Waals surface area contributed by atoms with E-state index in [9.17, 15) is 9.59 Å². The number of nitrogens with zero attached hydrogens (tertiary/aromatic N) is 2. The second-order valence-corrected chi connectivity index (χ2v) is 5.20. The summed E-state index contributed by atoms with van der Waals surface area (Å²) in [5, 5.41) is 0. The van der Waals surface area contributed by atoms with Gasteiger partial charge >= 0.3 is 5.97 Å². The molecule has 1 saturated heterocycles. The molecule has 1 rings (SSSR count). The molecule has 1 atom stereocenters. The van der Waals surface area contributed by atoms with Crippen molar-refractivity contribution >= 4 is 11.9 Å².